The number of benzene rings is 1. The van der Waals surface area contributed by atoms with Crippen molar-refractivity contribution in [3.63, 3.8) is 0 Å². The zero-order valence-electron chi connectivity index (χ0n) is 11.4. The van der Waals surface area contributed by atoms with E-state index in [0.717, 1.165) is 31.4 Å². The number of fused-ring (bicyclic) bond motifs is 1. The lowest BCUT2D eigenvalue weighted by Crippen LogP contribution is -2.52. The summed E-state index contributed by atoms with van der Waals surface area (Å²) in [7, 11) is 0. The molecule has 1 aliphatic carbocycles. The topological polar surface area (TPSA) is 38.3 Å². The van der Waals surface area contributed by atoms with Crippen molar-refractivity contribution in [3.8, 4) is 0 Å². The molecular weight excluding hydrogens is 238 g/mol. The van der Waals surface area contributed by atoms with Gasteiger partial charge in [-0.1, -0.05) is 24.3 Å². The van der Waals surface area contributed by atoms with E-state index in [9.17, 15) is 4.79 Å². The Morgan fingerprint density at radius 3 is 2.95 bits per heavy atom. The van der Waals surface area contributed by atoms with Gasteiger partial charge in [-0.3, -0.25) is 4.79 Å². The molecule has 1 aliphatic heterocycles. The van der Waals surface area contributed by atoms with Gasteiger partial charge in [0.1, 0.15) is 0 Å². The third-order valence-corrected chi connectivity index (χ3v) is 4.23. The second-order valence-electron chi connectivity index (χ2n) is 5.73. The first-order valence-corrected chi connectivity index (χ1v) is 7.21. The summed E-state index contributed by atoms with van der Waals surface area (Å²) in [5.41, 5.74) is 2.13. The van der Waals surface area contributed by atoms with Crippen LogP contribution in [0.15, 0.2) is 24.3 Å². The number of rotatable bonds is 1. The van der Waals surface area contributed by atoms with Gasteiger partial charge in [-0.15, -0.1) is 0 Å². The van der Waals surface area contributed by atoms with Crippen LogP contribution < -0.4 is 5.32 Å². The van der Waals surface area contributed by atoms with Crippen LogP contribution in [0, 0.1) is 5.92 Å². The van der Waals surface area contributed by atoms with Gasteiger partial charge in [-0.2, -0.15) is 0 Å². The highest BCUT2D eigenvalue weighted by Crippen LogP contribution is 2.27. The lowest BCUT2D eigenvalue weighted by molar-refractivity contribution is 0.0294. The van der Waals surface area contributed by atoms with E-state index in [-0.39, 0.29) is 12.0 Å². The Kier molecular flexibility index (Phi) is 3.67. The highest BCUT2D eigenvalue weighted by Gasteiger charge is 2.34. The summed E-state index contributed by atoms with van der Waals surface area (Å²) in [6, 6.07) is 8.56. The van der Waals surface area contributed by atoms with E-state index in [0.29, 0.717) is 18.4 Å². The molecule has 19 heavy (non-hydrogen) atoms. The molecule has 3 atom stereocenters. The van der Waals surface area contributed by atoms with Gasteiger partial charge in [0.05, 0.1) is 13.2 Å². The Morgan fingerprint density at radius 2 is 2.11 bits per heavy atom. The molecule has 1 fully saturated rings. The van der Waals surface area contributed by atoms with Crippen LogP contribution in [0.2, 0.25) is 0 Å². The molecule has 1 aromatic rings. The maximum Gasteiger partial charge on any atom is 0.167 e. The van der Waals surface area contributed by atoms with Crippen molar-refractivity contribution in [3.05, 3.63) is 35.4 Å². The highest BCUT2D eigenvalue weighted by atomic mass is 16.5. The van der Waals surface area contributed by atoms with Crippen LogP contribution in [0.3, 0.4) is 0 Å². The Hall–Kier alpha value is -1.19. The van der Waals surface area contributed by atoms with Crippen LogP contribution >= 0.6 is 0 Å². The van der Waals surface area contributed by atoms with Gasteiger partial charge in [-0.05, 0) is 31.7 Å². The molecule has 0 aromatic heterocycles. The molecule has 0 saturated carbocycles. The summed E-state index contributed by atoms with van der Waals surface area (Å²) in [5, 5.41) is 3.53. The van der Waals surface area contributed by atoms with Gasteiger partial charge < -0.3 is 10.1 Å². The van der Waals surface area contributed by atoms with Gasteiger partial charge >= 0.3 is 0 Å². The van der Waals surface area contributed by atoms with E-state index in [2.05, 4.69) is 18.3 Å². The van der Waals surface area contributed by atoms with E-state index in [4.69, 9.17) is 4.74 Å². The molecule has 1 N–H and O–H groups in total. The molecular formula is C16H21NO2. The second-order valence-corrected chi connectivity index (χ2v) is 5.73. The number of aryl methyl sites for hydroxylation is 1. The molecule has 0 bridgehead atoms. The second kappa shape index (κ2) is 5.43. The summed E-state index contributed by atoms with van der Waals surface area (Å²) >= 11 is 0. The zero-order valence-corrected chi connectivity index (χ0v) is 11.4. The maximum absolute atomic E-state index is 12.7. The molecule has 1 saturated heterocycles. The Balaban J connectivity index is 1.85. The average Bonchev–Trinajstić information content (AvgIpc) is 2.59. The Morgan fingerprint density at radius 1 is 1.26 bits per heavy atom. The first-order chi connectivity index (χ1) is 9.25. The molecule has 3 unspecified atom stereocenters. The fraction of sp³-hybridized carbons (Fsp3) is 0.562. The van der Waals surface area contributed by atoms with E-state index in [1.54, 1.807) is 0 Å². The number of hydrogen-bond donors (Lipinski definition) is 1. The number of hydrogen-bond acceptors (Lipinski definition) is 3. The van der Waals surface area contributed by atoms with Gasteiger partial charge in [0.25, 0.3) is 0 Å². The number of ketones is 1. The predicted octanol–water partition coefficient (Wildman–Crippen LogP) is 2.20. The monoisotopic (exact) mass is 259 g/mol. The molecule has 3 nitrogen and oxygen atoms in total. The molecule has 1 aromatic carbocycles. The smallest absolute Gasteiger partial charge is 0.167 e. The third kappa shape index (κ3) is 2.58. The van der Waals surface area contributed by atoms with Crippen molar-refractivity contribution in [2.45, 2.75) is 38.3 Å². The Bertz CT molecular complexity index is 472. The number of Topliss-reactive ketones (excluding diaryl/α,β-unsaturated/α-hetero) is 1. The third-order valence-electron chi connectivity index (χ3n) is 4.23. The average molecular weight is 259 g/mol. The number of carbonyl (C=O) groups is 1. The van der Waals surface area contributed by atoms with Crippen LogP contribution in [-0.4, -0.2) is 31.1 Å². The van der Waals surface area contributed by atoms with Crippen LogP contribution in [0.4, 0.5) is 0 Å². The lowest BCUT2D eigenvalue weighted by Gasteiger charge is -2.33. The van der Waals surface area contributed by atoms with Crippen molar-refractivity contribution in [2.24, 2.45) is 5.92 Å². The molecule has 102 valence electrons. The van der Waals surface area contributed by atoms with Crippen LogP contribution in [0.5, 0.6) is 0 Å². The molecule has 0 amide bonds. The van der Waals surface area contributed by atoms with Crippen LogP contribution in [-0.2, 0) is 11.2 Å². The fourth-order valence-electron chi connectivity index (χ4n) is 3.27. The van der Waals surface area contributed by atoms with Crippen molar-refractivity contribution >= 4 is 5.78 Å². The quantitative estimate of drug-likeness (QED) is 0.786. The number of ether oxygens (including phenoxy) is 1. The van der Waals surface area contributed by atoms with Gasteiger partial charge in [0, 0.05) is 23.6 Å². The summed E-state index contributed by atoms with van der Waals surface area (Å²) in [4.78, 5) is 12.7. The summed E-state index contributed by atoms with van der Waals surface area (Å²) in [5.74, 6) is 0.356. The first kappa shape index (κ1) is 12.8. The number of nitrogens with one attached hydrogen (secondary N) is 1. The van der Waals surface area contributed by atoms with E-state index < -0.39 is 0 Å². The summed E-state index contributed by atoms with van der Waals surface area (Å²) in [6.45, 7) is 3.51. The van der Waals surface area contributed by atoms with Crippen molar-refractivity contribution in [2.75, 3.05) is 13.2 Å². The minimum absolute atomic E-state index is 0.0615. The lowest BCUT2D eigenvalue weighted by atomic mass is 9.88. The van der Waals surface area contributed by atoms with Crippen molar-refractivity contribution in [1.29, 1.82) is 0 Å². The first-order valence-electron chi connectivity index (χ1n) is 7.21. The Labute approximate surface area is 114 Å². The van der Waals surface area contributed by atoms with Crippen LogP contribution in [0.25, 0.3) is 0 Å². The zero-order chi connectivity index (χ0) is 13.2. The molecule has 2 aliphatic rings. The normalized spacial score (nSPS) is 31.6. The number of carbonyl (C=O) groups excluding carboxylic acids is 1. The predicted molar refractivity (Wildman–Crippen MR) is 74.4 cm³/mol. The minimum Gasteiger partial charge on any atom is -0.378 e. The molecule has 0 radical (unpaired) electrons. The van der Waals surface area contributed by atoms with E-state index in [1.165, 1.54) is 5.56 Å². The van der Waals surface area contributed by atoms with Crippen molar-refractivity contribution < 1.29 is 9.53 Å². The fourth-order valence-corrected chi connectivity index (χ4v) is 3.27. The largest absolute Gasteiger partial charge is 0.378 e. The molecule has 3 rings (SSSR count). The SMILES string of the molecule is CC1COCC(C2CCCc3ccccc3C2=O)N1. The van der Waals surface area contributed by atoms with E-state index >= 15 is 0 Å². The highest BCUT2D eigenvalue weighted by molar-refractivity contribution is 6.00. The van der Waals surface area contributed by atoms with Gasteiger partial charge in [-0.25, -0.2) is 0 Å². The van der Waals surface area contributed by atoms with Gasteiger partial charge in [0.2, 0.25) is 0 Å². The molecule has 1 heterocycles. The minimum atomic E-state index is 0.0615. The van der Waals surface area contributed by atoms with Crippen molar-refractivity contribution in [1.82, 2.24) is 5.32 Å². The molecule has 3 heteroatoms. The number of morpholine rings is 1. The van der Waals surface area contributed by atoms with Gasteiger partial charge in [0.15, 0.2) is 5.78 Å². The standard InChI is InChI=1S/C16H21NO2/c1-11-9-19-10-15(17-11)14-8-4-6-12-5-2-3-7-13(12)16(14)18/h2-3,5,7,11,14-15,17H,4,6,8-10H2,1H3. The maximum atomic E-state index is 12.7. The van der Waals surface area contributed by atoms with Crippen LogP contribution in [0.1, 0.15) is 35.7 Å². The summed E-state index contributed by atoms with van der Waals surface area (Å²) < 4.78 is 5.61. The van der Waals surface area contributed by atoms with E-state index in [1.807, 2.05) is 18.2 Å². The summed E-state index contributed by atoms with van der Waals surface area (Å²) in [6.07, 6.45) is 3.06. The molecule has 0 spiro atoms.